The zero-order chi connectivity index (χ0) is 34.4. The van der Waals surface area contributed by atoms with E-state index < -0.39 is 76.8 Å². The fraction of sp³-hybridized carbons (Fsp3) is 0.526. The number of alkyl halides is 2. The summed E-state index contributed by atoms with van der Waals surface area (Å²) in [6.45, 7) is 4.51. The van der Waals surface area contributed by atoms with Crippen molar-refractivity contribution in [1.29, 1.82) is 0 Å². The molecule has 3 saturated carbocycles. The number of carbonyl (C=O) groups excluding carboxylic acids is 2. The van der Waals surface area contributed by atoms with Gasteiger partial charge >= 0.3 is 0 Å². The van der Waals surface area contributed by atoms with E-state index in [-0.39, 0.29) is 24.8 Å². The molecule has 8 nitrogen and oxygen atoms in total. The van der Waals surface area contributed by atoms with E-state index in [0.29, 0.717) is 12.0 Å². The maximum Gasteiger partial charge on any atom is 0.193 e. The van der Waals surface area contributed by atoms with Gasteiger partial charge in [-0.05, 0) is 85.9 Å². The average Bonchev–Trinajstić information content (AvgIpc) is 3.56. The van der Waals surface area contributed by atoms with Gasteiger partial charge in [-0.2, -0.15) is 0 Å². The summed E-state index contributed by atoms with van der Waals surface area (Å²) in [4.78, 5) is 26.0. The van der Waals surface area contributed by atoms with Crippen LogP contribution in [0.25, 0.3) is 0 Å². The van der Waals surface area contributed by atoms with Crippen molar-refractivity contribution in [1.82, 2.24) is 0 Å². The Hall–Kier alpha value is -3.44. The van der Waals surface area contributed by atoms with Crippen molar-refractivity contribution in [3.05, 3.63) is 82.5 Å². The third-order valence-corrected chi connectivity index (χ3v) is 12.4. The van der Waals surface area contributed by atoms with E-state index in [0.717, 1.165) is 34.2 Å². The van der Waals surface area contributed by atoms with Crippen LogP contribution >= 0.6 is 0 Å². The third-order valence-electron chi connectivity index (χ3n) is 12.4. The largest absolute Gasteiger partial charge is 0.495 e. The Kier molecular flexibility index (Phi) is 7.79. The van der Waals surface area contributed by atoms with Crippen molar-refractivity contribution in [3.8, 4) is 5.75 Å². The number of benzene rings is 2. The Morgan fingerprint density at radius 3 is 2.52 bits per heavy atom. The Morgan fingerprint density at radius 2 is 1.85 bits per heavy atom. The highest BCUT2D eigenvalue weighted by Gasteiger charge is 2.80. The molecule has 7 rings (SSSR count). The molecule has 0 bridgehead atoms. The smallest absolute Gasteiger partial charge is 0.193 e. The topological polar surface area (TPSA) is 114 Å². The number of anilines is 1. The van der Waals surface area contributed by atoms with E-state index in [1.807, 2.05) is 44.3 Å². The van der Waals surface area contributed by atoms with Crippen LogP contribution in [-0.2, 0) is 25.5 Å². The summed E-state index contributed by atoms with van der Waals surface area (Å²) >= 11 is 0. The number of ketones is 2. The van der Waals surface area contributed by atoms with Gasteiger partial charge in [0.15, 0.2) is 29.1 Å². The Morgan fingerprint density at radius 1 is 1.12 bits per heavy atom. The van der Waals surface area contributed by atoms with Crippen LogP contribution in [-0.4, -0.2) is 72.2 Å². The van der Waals surface area contributed by atoms with Crippen molar-refractivity contribution in [2.45, 2.75) is 82.4 Å². The zero-order valence-electron chi connectivity index (χ0n) is 27.9. The van der Waals surface area contributed by atoms with Crippen molar-refractivity contribution in [2.24, 2.45) is 22.7 Å². The van der Waals surface area contributed by atoms with Crippen LogP contribution in [0, 0.1) is 29.6 Å². The molecule has 1 saturated heterocycles. The summed E-state index contributed by atoms with van der Waals surface area (Å²) in [5.41, 5.74) is -1.85. The van der Waals surface area contributed by atoms with E-state index in [4.69, 9.17) is 14.2 Å². The maximum atomic E-state index is 17.6. The molecule has 256 valence electrons. The summed E-state index contributed by atoms with van der Waals surface area (Å²) < 4.78 is 52.1. The van der Waals surface area contributed by atoms with E-state index in [2.05, 4.69) is 11.4 Å². The minimum Gasteiger partial charge on any atom is -0.495 e. The van der Waals surface area contributed by atoms with Gasteiger partial charge in [0.1, 0.15) is 18.5 Å². The van der Waals surface area contributed by atoms with Crippen LogP contribution in [0.3, 0.4) is 0 Å². The number of rotatable bonds is 7. The summed E-state index contributed by atoms with van der Waals surface area (Å²) in [5, 5.41) is 25.1. The van der Waals surface area contributed by atoms with Gasteiger partial charge in [-0.25, -0.2) is 8.78 Å². The molecule has 0 spiro atoms. The number of aryl methyl sites for hydroxylation is 1. The molecule has 0 unspecified atom stereocenters. The molecule has 10 heteroatoms. The van der Waals surface area contributed by atoms with Crippen LogP contribution < -0.4 is 10.1 Å². The van der Waals surface area contributed by atoms with E-state index >= 15 is 8.78 Å². The van der Waals surface area contributed by atoms with Crippen LogP contribution in [0.4, 0.5) is 14.5 Å². The first-order chi connectivity index (χ1) is 22.8. The maximum absolute atomic E-state index is 17.6. The minimum atomic E-state index is -2.30. The summed E-state index contributed by atoms with van der Waals surface area (Å²) in [6.07, 6.45) is -0.783. The van der Waals surface area contributed by atoms with Crippen LogP contribution in [0.15, 0.2) is 60.2 Å². The highest BCUT2D eigenvalue weighted by atomic mass is 19.1. The van der Waals surface area contributed by atoms with E-state index in [1.165, 1.54) is 12.2 Å². The molecule has 1 aliphatic heterocycles. The monoisotopic (exact) mass is 663 g/mol. The molecule has 4 aliphatic carbocycles. The number of aliphatic hydroxyl groups excluding tert-OH is 2. The fourth-order valence-corrected chi connectivity index (χ4v) is 10.2. The van der Waals surface area contributed by atoms with Crippen LogP contribution in [0.5, 0.6) is 5.75 Å². The number of allylic oxidation sites excluding steroid dienone is 4. The van der Waals surface area contributed by atoms with Gasteiger partial charge in [-0.3, -0.25) is 9.59 Å². The normalized spacial score (nSPS) is 39.6. The third kappa shape index (κ3) is 4.31. The van der Waals surface area contributed by atoms with Crippen molar-refractivity contribution in [3.63, 3.8) is 0 Å². The lowest BCUT2D eigenvalue weighted by atomic mass is 9.44. The van der Waals surface area contributed by atoms with Gasteiger partial charge in [0.2, 0.25) is 0 Å². The Balaban J connectivity index is 1.18. The number of halogens is 2. The van der Waals surface area contributed by atoms with E-state index in [9.17, 15) is 19.8 Å². The number of nitrogens with one attached hydrogen (secondary N) is 1. The first kappa shape index (κ1) is 33.1. The molecule has 48 heavy (non-hydrogen) atoms. The van der Waals surface area contributed by atoms with Crippen LogP contribution in [0.2, 0.25) is 0 Å². The van der Waals surface area contributed by atoms with Gasteiger partial charge in [0.25, 0.3) is 0 Å². The molecule has 10 atom stereocenters. The molecule has 0 radical (unpaired) electrons. The van der Waals surface area contributed by atoms with Gasteiger partial charge in [-0.15, -0.1) is 0 Å². The lowest BCUT2D eigenvalue weighted by Crippen LogP contribution is -2.70. The number of hydrogen-bond acceptors (Lipinski definition) is 8. The molecular formula is C38H43F2NO7. The van der Waals surface area contributed by atoms with Gasteiger partial charge < -0.3 is 29.7 Å². The van der Waals surface area contributed by atoms with Crippen molar-refractivity contribution < 1.29 is 42.8 Å². The van der Waals surface area contributed by atoms with Gasteiger partial charge in [-0.1, -0.05) is 43.3 Å². The number of ether oxygens (including phenoxy) is 3. The molecule has 4 fully saturated rings. The Labute approximate surface area is 279 Å². The van der Waals surface area contributed by atoms with Crippen LogP contribution in [0.1, 0.15) is 61.7 Å². The standard InChI is InChI=1S/C38H43F2NO7/c1-20-12-22(14-29(46-5)33(20)41-4)13-21-6-8-23(9-7-21)34-47-32-17-25-26-16-28(39)27-15-24(43)10-11-35(27,2)37(26,40)30(44)18-36(25,3)38(32,48-34)31(45)19-42/h6-12,14-15,25-26,28,30,32,34,41-42,44H,13,16-19H2,1-5H3/t25-,26-,28-,30-,32+,34-,35-,36-,37-,38+/m0/s1. The predicted molar refractivity (Wildman–Crippen MR) is 174 cm³/mol. The lowest BCUT2D eigenvalue weighted by Gasteiger charge is -2.63. The molecule has 1 heterocycles. The molecule has 5 aliphatic rings. The van der Waals surface area contributed by atoms with Crippen molar-refractivity contribution in [2.75, 3.05) is 26.1 Å². The highest BCUT2D eigenvalue weighted by Crippen LogP contribution is 2.72. The summed E-state index contributed by atoms with van der Waals surface area (Å²) in [5.74, 6) is -1.85. The lowest BCUT2D eigenvalue weighted by molar-refractivity contribution is -0.235. The van der Waals surface area contributed by atoms with Gasteiger partial charge in [0, 0.05) is 29.4 Å². The molecule has 0 aromatic heterocycles. The SMILES string of the molecule is CNc1c(C)cc(Cc2ccc([C@H]3O[C@@H]4C[C@H]5[C@@H]6C[C@H](F)C7=CC(=O)C=C[C@]7(C)[C@@]6(F)[C@@H](O)C[C@]5(C)[C@]4(C(=O)CO)O3)cc2)cc1OC. The van der Waals surface area contributed by atoms with E-state index in [1.54, 1.807) is 21.0 Å². The molecule has 2 aromatic carbocycles. The summed E-state index contributed by atoms with van der Waals surface area (Å²) in [6, 6.07) is 11.8. The minimum absolute atomic E-state index is 0.0380. The first-order valence-electron chi connectivity index (χ1n) is 16.6. The second-order valence-electron chi connectivity index (χ2n) is 14.6. The number of Topliss-reactive ketones (excluding diaryl/α,β-unsaturated/α-hetero) is 1. The Bertz CT molecular complexity index is 1730. The molecular weight excluding hydrogens is 620 g/mol. The second-order valence-corrected chi connectivity index (χ2v) is 14.6. The number of fused-ring (bicyclic) bond motifs is 7. The first-order valence-corrected chi connectivity index (χ1v) is 16.6. The molecule has 3 N–H and O–H groups in total. The van der Waals surface area contributed by atoms with Gasteiger partial charge in [0.05, 0.1) is 25.0 Å². The predicted octanol–water partition coefficient (Wildman–Crippen LogP) is 5.28. The average molecular weight is 664 g/mol. The number of carbonyl (C=O) groups is 2. The number of hydrogen-bond donors (Lipinski definition) is 3. The number of methoxy groups -OCH3 is 1. The molecule has 0 amide bonds. The van der Waals surface area contributed by atoms with Crippen molar-refractivity contribution >= 4 is 17.3 Å². The zero-order valence-corrected chi connectivity index (χ0v) is 27.9. The summed E-state index contributed by atoms with van der Waals surface area (Å²) in [7, 11) is 3.50. The second kappa shape index (κ2) is 11.3. The number of aliphatic hydroxyl groups is 2. The fourth-order valence-electron chi connectivity index (χ4n) is 10.2. The highest BCUT2D eigenvalue weighted by molar-refractivity contribution is 6.01. The molecule has 2 aromatic rings. The quantitative estimate of drug-likeness (QED) is 0.367.